The van der Waals surface area contributed by atoms with E-state index in [-0.39, 0.29) is 24.7 Å². The second-order valence-corrected chi connectivity index (χ2v) is 6.01. The minimum Gasteiger partial charge on any atom is -0.496 e. The summed E-state index contributed by atoms with van der Waals surface area (Å²) < 4.78 is 5.33. The summed E-state index contributed by atoms with van der Waals surface area (Å²) in [5, 5.41) is 0.593. The molecule has 0 radical (unpaired) electrons. The number of amides is 1. The molecule has 0 saturated carbocycles. The number of hydrogen-bond donors (Lipinski definition) is 1. The van der Waals surface area contributed by atoms with Crippen molar-refractivity contribution in [2.24, 2.45) is 5.73 Å². The van der Waals surface area contributed by atoms with Gasteiger partial charge in [0.05, 0.1) is 13.5 Å². The lowest BCUT2D eigenvalue weighted by atomic mass is 10.1. The molecule has 0 aliphatic heterocycles. The van der Waals surface area contributed by atoms with Crippen molar-refractivity contribution in [3.63, 3.8) is 0 Å². The van der Waals surface area contributed by atoms with Gasteiger partial charge in [-0.25, -0.2) is 0 Å². The Bertz CT molecular complexity index is 666. The fourth-order valence-corrected chi connectivity index (χ4v) is 2.73. The molecule has 0 aromatic heterocycles. The largest absolute Gasteiger partial charge is 0.496 e. The van der Waals surface area contributed by atoms with E-state index in [1.54, 1.807) is 25.3 Å². The minimum absolute atomic E-state index is 0. The summed E-state index contributed by atoms with van der Waals surface area (Å²) in [5.41, 5.74) is 7.50. The zero-order valence-electron chi connectivity index (χ0n) is 14.3. The maximum absolute atomic E-state index is 12.8. The van der Waals surface area contributed by atoms with Crippen LogP contribution < -0.4 is 10.5 Å². The predicted molar refractivity (Wildman–Crippen MR) is 104 cm³/mol. The molecule has 0 atom stereocenters. The number of rotatable bonds is 8. The number of ether oxygens (including phenoxy) is 1. The third-order valence-electron chi connectivity index (χ3n) is 3.79. The number of methoxy groups -OCH3 is 1. The van der Waals surface area contributed by atoms with E-state index in [4.69, 9.17) is 22.1 Å². The van der Waals surface area contributed by atoms with Crippen LogP contribution in [0.2, 0.25) is 5.02 Å². The number of carbonyl (C=O) groups excluding carboxylic acids is 1. The van der Waals surface area contributed by atoms with Gasteiger partial charge in [0.15, 0.2) is 0 Å². The Morgan fingerprint density at radius 2 is 1.92 bits per heavy atom. The topological polar surface area (TPSA) is 55.6 Å². The second-order valence-electron chi connectivity index (χ2n) is 5.58. The fourth-order valence-electron chi connectivity index (χ4n) is 2.54. The van der Waals surface area contributed by atoms with E-state index in [0.717, 1.165) is 17.5 Å². The summed E-state index contributed by atoms with van der Waals surface area (Å²) in [4.78, 5) is 14.6. The zero-order valence-corrected chi connectivity index (χ0v) is 15.9. The maximum Gasteiger partial charge on any atom is 0.227 e. The Morgan fingerprint density at radius 1 is 1.20 bits per heavy atom. The third kappa shape index (κ3) is 6.58. The van der Waals surface area contributed by atoms with E-state index in [0.29, 0.717) is 30.4 Å². The number of hydrogen-bond acceptors (Lipinski definition) is 3. The first-order valence-electron chi connectivity index (χ1n) is 7.98. The van der Waals surface area contributed by atoms with Crippen LogP contribution in [0.4, 0.5) is 0 Å². The van der Waals surface area contributed by atoms with Crippen molar-refractivity contribution in [3.05, 3.63) is 64.7 Å². The summed E-state index contributed by atoms with van der Waals surface area (Å²) >= 11 is 6.05. The SMILES string of the molecule is COc1ccc(Cl)cc1CC(=O)N(CCCN)Cc1ccccc1.Cl. The lowest BCUT2D eigenvalue weighted by molar-refractivity contribution is -0.131. The van der Waals surface area contributed by atoms with Gasteiger partial charge < -0.3 is 15.4 Å². The Hall–Kier alpha value is -1.75. The Balaban J connectivity index is 0.00000312. The Labute approximate surface area is 160 Å². The molecule has 0 bridgehead atoms. The van der Waals surface area contributed by atoms with Gasteiger partial charge in [0.25, 0.3) is 0 Å². The van der Waals surface area contributed by atoms with Crippen LogP contribution in [0.25, 0.3) is 0 Å². The van der Waals surface area contributed by atoms with Gasteiger partial charge in [-0.3, -0.25) is 4.79 Å². The monoisotopic (exact) mass is 382 g/mol. The molecular formula is C19H24Cl2N2O2. The minimum atomic E-state index is 0. The van der Waals surface area contributed by atoms with Crippen LogP contribution in [-0.2, 0) is 17.8 Å². The first kappa shape index (κ1) is 21.3. The highest BCUT2D eigenvalue weighted by Gasteiger charge is 2.16. The van der Waals surface area contributed by atoms with Crippen molar-refractivity contribution < 1.29 is 9.53 Å². The number of carbonyl (C=O) groups is 1. The van der Waals surface area contributed by atoms with Crippen LogP contribution in [0.3, 0.4) is 0 Å². The highest BCUT2D eigenvalue weighted by Crippen LogP contribution is 2.24. The van der Waals surface area contributed by atoms with Crippen LogP contribution in [0.15, 0.2) is 48.5 Å². The molecule has 2 N–H and O–H groups in total. The molecule has 2 rings (SSSR count). The smallest absolute Gasteiger partial charge is 0.227 e. The Morgan fingerprint density at radius 3 is 2.56 bits per heavy atom. The highest BCUT2D eigenvalue weighted by molar-refractivity contribution is 6.30. The lowest BCUT2D eigenvalue weighted by Crippen LogP contribution is -2.33. The van der Waals surface area contributed by atoms with Crippen LogP contribution in [0.5, 0.6) is 5.75 Å². The predicted octanol–water partition coefficient (Wildman–Crippen LogP) is 3.69. The van der Waals surface area contributed by atoms with Gasteiger partial charge in [0.2, 0.25) is 5.91 Å². The van der Waals surface area contributed by atoms with Gasteiger partial charge in [-0.15, -0.1) is 12.4 Å². The van der Waals surface area contributed by atoms with Crippen molar-refractivity contribution in [2.45, 2.75) is 19.4 Å². The van der Waals surface area contributed by atoms with E-state index in [1.165, 1.54) is 0 Å². The fraction of sp³-hybridized carbons (Fsp3) is 0.316. The highest BCUT2D eigenvalue weighted by atomic mass is 35.5. The molecular weight excluding hydrogens is 359 g/mol. The molecule has 0 unspecified atom stereocenters. The molecule has 25 heavy (non-hydrogen) atoms. The van der Waals surface area contributed by atoms with Gasteiger partial charge in [-0.1, -0.05) is 41.9 Å². The second kappa shape index (κ2) is 11.0. The van der Waals surface area contributed by atoms with E-state index < -0.39 is 0 Å². The summed E-state index contributed by atoms with van der Waals surface area (Å²) in [6.45, 7) is 1.76. The molecule has 0 saturated heterocycles. The van der Waals surface area contributed by atoms with Gasteiger partial charge in [0.1, 0.15) is 5.75 Å². The van der Waals surface area contributed by atoms with Crippen molar-refractivity contribution in [3.8, 4) is 5.75 Å². The number of benzene rings is 2. The molecule has 2 aromatic carbocycles. The Kier molecular flexibility index (Phi) is 9.35. The first-order chi connectivity index (χ1) is 11.6. The van der Waals surface area contributed by atoms with Crippen molar-refractivity contribution in [1.82, 2.24) is 4.90 Å². The number of nitrogens with zero attached hydrogens (tertiary/aromatic N) is 1. The van der Waals surface area contributed by atoms with Gasteiger partial charge in [-0.05, 0) is 36.7 Å². The van der Waals surface area contributed by atoms with Gasteiger partial charge >= 0.3 is 0 Å². The van der Waals surface area contributed by atoms with Crippen LogP contribution in [0.1, 0.15) is 17.5 Å². The van der Waals surface area contributed by atoms with Crippen molar-refractivity contribution in [2.75, 3.05) is 20.2 Å². The molecule has 2 aromatic rings. The first-order valence-corrected chi connectivity index (χ1v) is 8.36. The molecule has 0 aliphatic carbocycles. The van der Waals surface area contributed by atoms with Crippen LogP contribution in [-0.4, -0.2) is 31.0 Å². The molecule has 6 heteroatoms. The standard InChI is InChI=1S/C19H23ClN2O2.ClH/c1-24-18-9-8-17(20)12-16(18)13-19(23)22(11-5-10-21)14-15-6-3-2-4-7-15;/h2-4,6-9,12H,5,10-11,13-14,21H2,1H3;1H. The summed E-state index contributed by atoms with van der Waals surface area (Å²) in [6.07, 6.45) is 1.02. The van der Waals surface area contributed by atoms with Crippen LogP contribution in [0, 0.1) is 0 Å². The van der Waals surface area contributed by atoms with Gasteiger partial charge in [0, 0.05) is 23.7 Å². The maximum atomic E-state index is 12.8. The van der Waals surface area contributed by atoms with E-state index in [2.05, 4.69) is 0 Å². The van der Waals surface area contributed by atoms with E-state index in [1.807, 2.05) is 35.2 Å². The summed E-state index contributed by atoms with van der Waals surface area (Å²) in [6, 6.07) is 15.3. The zero-order chi connectivity index (χ0) is 17.4. The van der Waals surface area contributed by atoms with Crippen molar-refractivity contribution in [1.29, 1.82) is 0 Å². The average Bonchev–Trinajstić information content (AvgIpc) is 2.59. The van der Waals surface area contributed by atoms with Crippen LogP contribution >= 0.6 is 24.0 Å². The number of halogens is 2. The normalized spacial score (nSPS) is 10.0. The molecule has 136 valence electrons. The molecule has 0 spiro atoms. The lowest BCUT2D eigenvalue weighted by Gasteiger charge is -2.23. The molecule has 1 amide bonds. The third-order valence-corrected chi connectivity index (χ3v) is 4.02. The van der Waals surface area contributed by atoms with Gasteiger partial charge in [-0.2, -0.15) is 0 Å². The van der Waals surface area contributed by atoms with E-state index in [9.17, 15) is 4.79 Å². The summed E-state index contributed by atoms with van der Waals surface area (Å²) in [5.74, 6) is 0.708. The quantitative estimate of drug-likeness (QED) is 0.757. The molecule has 0 aliphatic rings. The molecule has 0 fully saturated rings. The number of nitrogens with two attached hydrogens (primary N) is 1. The van der Waals surface area contributed by atoms with Crippen molar-refractivity contribution >= 4 is 29.9 Å². The summed E-state index contributed by atoms with van der Waals surface area (Å²) in [7, 11) is 1.59. The molecule has 0 heterocycles. The average molecular weight is 383 g/mol. The van der Waals surface area contributed by atoms with E-state index >= 15 is 0 Å². The molecule has 4 nitrogen and oxygen atoms in total.